The Hall–Kier alpha value is 0.310. The van der Waals surface area contributed by atoms with E-state index in [1.165, 1.54) is 0 Å². The van der Waals surface area contributed by atoms with Crippen LogP contribution < -0.4 is 0 Å². The first-order chi connectivity index (χ1) is 4.63. The Labute approximate surface area is 77.9 Å². The Morgan fingerprint density at radius 3 is 2.10 bits per heavy atom. The van der Waals surface area contributed by atoms with Crippen LogP contribution in [0.4, 0.5) is 0 Å². The lowest BCUT2D eigenvalue weighted by atomic mass is 10.5. The van der Waals surface area contributed by atoms with Crippen molar-refractivity contribution in [3.8, 4) is 0 Å². The fourth-order valence-corrected chi connectivity index (χ4v) is 1.02. The molecule has 0 unspecified atom stereocenters. The van der Waals surface area contributed by atoms with Gasteiger partial charge in [0.05, 0.1) is 15.1 Å². The van der Waals surface area contributed by atoms with Gasteiger partial charge in [0.25, 0.3) is 0 Å². The van der Waals surface area contributed by atoms with Crippen molar-refractivity contribution in [3.63, 3.8) is 0 Å². The summed E-state index contributed by atoms with van der Waals surface area (Å²) in [6.45, 7) is 0. The summed E-state index contributed by atoms with van der Waals surface area (Å²) in [5, 5.41) is 0.627. The molecule has 0 amide bonds. The fourth-order valence-electron chi connectivity index (χ4n) is 0.383. The molecule has 0 aliphatic rings. The van der Waals surface area contributed by atoms with Gasteiger partial charge in [-0.15, -0.1) is 0 Å². The molecule has 0 aliphatic carbocycles. The molecule has 0 N–H and O–H groups in total. The molecule has 0 bridgehead atoms. The Balaban J connectivity index is 3.34. The molecule has 1 nitrogen and oxygen atoms in total. The van der Waals surface area contributed by atoms with Crippen LogP contribution in [0.1, 0.15) is 0 Å². The molecule has 0 atom stereocenters. The summed E-state index contributed by atoms with van der Waals surface area (Å²) in [6.07, 6.45) is 2.38. The fraction of sp³-hybridized carbons (Fsp3) is 0. The van der Waals surface area contributed by atoms with E-state index in [9.17, 15) is 0 Å². The maximum atomic E-state index is 5.56. The number of nitrogens with zero attached hydrogens (tertiary/aromatic N) is 1. The van der Waals surface area contributed by atoms with E-state index in [0.29, 0.717) is 0 Å². The maximum absolute atomic E-state index is 5.56. The third kappa shape index (κ3) is 1.48. The van der Waals surface area contributed by atoms with Crippen LogP contribution >= 0.6 is 46.4 Å². The Morgan fingerprint density at radius 2 is 1.60 bits per heavy atom. The summed E-state index contributed by atoms with van der Waals surface area (Å²) < 4.78 is 0. The van der Waals surface area contributed by atoms with Gasteiger partial charge in [0.2, 0.25) is 0 Å². The molecule has 53 valence electrons. The first-order valence-electron chi connectivity index (χ1n) is 2.20. The molecule has 0 saturated heterocycles. The summed E-state index contributed by atoms with van der Waals surface area (Å²) in [5.74, 6) is 0. The van der Waals surface area contributed by atoms with Crippen LogP contribution in [0.5, 0.6) is 0 Å². The third-order valence-electron chi connectivity index (χ3n) is 0.819. The SMILES string of the molecule is Clc1[c]nc(Cl)c(Cl)c1Cl. The van der Waals surface area contributed by atoms with Crippen molar-refractivity contribution in [1.82, 2.24) is 4.98 Å². The molecule has 0 saturated carbocycles. The van der Waals surface area contributed by atoms with Crippen LogP contribution in [0.2, 0.25) is 20.2 Å². The molecule has 1 aromatic rings. The number of hydrogen-bond acceptors (Lipinski definition) is 1. The predicted octanol–water partition coefficient (Wildman–Crippen LogP) is 3.50. The van der Waals surface area contributed by atoms with E-state index in [4.69, 9.17) is 46.4 Å². The zero-order chi connectivity index (χ0) is 7.72. The number of hydrogen-bond donors (Lipinski definition) is 0. The third-order valence-corrected chi connectivity index (χ3v) is 2.40. The largest absolute Gasteiger partial charge is 0.231 e. The Kier molecular flexibility index (Phi) is 2.64. The highest BCUT2D eigenvalue weighted by Gasteiger charge is 2.07. The van der Waals surface area contributed by atoms with E-state index in [2.05, 4.69) is 11.2 Å². The topological polar surface area (TPSA) is 12.9 Å². The smallest absolute Gasteiger partial charge is 0.150 e. The van der Waals surface area contributed by atoms with Gasteiger partial charge in [-0.2, -0.15) is 0 Å². The van der Waals surface area contributed by atoms with Crippen LogP contribution in [0.3, 0.4) is 0 Å². The minimum Gasteiger partial charge on any atom is -0.231 e. The molecule has 1 rings (SSSR count). The van der Waals surface area contributed by atoms with Crippen LogP contribution in [0.25, 0.3) is 0 Å². The average Bonchev–Trinajstić information content (AvgIpc) is 1.93. The summed E-state index contributed by atoms with van der Waals surface area (Å²) in [6, 6.07) is 0. The van der Waals surface area contributed by atoms with Crippen LogP contribution in [-0.2, 0) is 0 Å². The van der Waals surface area contributed by atoms with Crippen molar-refractivity contribution in [2.75, 3.05) is 0 Å². The van der Waals surface area contributed by atoms with E-state index >= 15 is 0 Å². The molecule has 0 aromatic carbocycles. The quantitative estimate of drug-likeness (QED) is 0.604. The molecule has 0 spiro atoms. The van der Waals surface area contributed by atoms with E-state index in [-0.39, 0.29) is 20.2 Å². The van der Waals surface area contributed by atoms with Gasteiger partial charge in [-0.3, -0.25) is 0 Å². The summed E-state index contributed by atoms with van der Waals surface area (Å²) in [5.41, 5.74) is 0. The number of pyridine rings is 1. The standard InChI is InChI=1S/C5Cl4N/c6-2-1-10-5(9)4(8)3(2)7. The van der Waals surface area contributed by atoms with Gasteiger partial charge in [0.15, 0.2) is 0 Å². The van der Waals surface area contributed by atoms with Gasteiger partial charge in [-0.05, 0) is 0 Å². The average molecular weight is 216 g/mol. The minimum absolute atomic E-state index is 0.107. The zero-order valence-electron chi connectivity index (χ0n) is 4.46. The van der Waals surface area contributed by atoms with Crippen LogP contribution in [0, 0.1) is 6.20 Å². The van der Waals surface area contributed by atoms with Crippen molar-refractivity contribution in [3.05, 3.63) is 26.4 Å². The Bertz CT molecular complexity index is 233. The second-order valence-corrected chi connectivity index (χ2v) is 2.95. The van der Waals surface area contributed by atoms with E-state index in [1.807, 2.05) is 0 Å². The molecule has 0 aliphatic heterocycles. The molecule has 1 heterocycles. The van der Waals surface area contributed by atoms with Crippen molar-refractivity contribution in [2.45, 2.75) is 0 Å². The lowest BCUT2D eigenvalue weighted by molar-refractivity contribution is 1.31. The molecular weight excluding hydrogens is 216 g/mol. The summed E-state index contributed by atoms with van der Waals surface area (Å²) >= 11 is 22.1. The lowest BCUT2D eigenvalue weighted by Gasteiger charge is -1.96. The molecule has 1 aromatic heterocycles. The normalized spacial score (nSPS) is 10.0. The molecule has 1 radical (unpaired) electrons. The maximum Gasteiger partial charge on any atom is 0.150 e. The molecule has 10 heavy (non-hydrogen) atoms. The van der Waals surface area contributed by atoms with Crippen molar-refractivity contribution in [2.24, 2.45) is 0 Å². The molecule has 0 fully saturated rings. The predicted molar refractivity (Wildman–Crippen MR) is 43.1 cm³/mol. The highest BCUT2D eigenvalue weighted by molar-refractivity contribution is 6.51. The van der Waals surface area contributed by atoms with Gasteiger partial charge in [0.1, 0.15) is 11.3 Å². The minimum atomic E-state index is 0.107. The zero-order valence-corrected chi connectivity index (χ0v) is 7.48. The van der Waals surface area contributed by atoms with Crippen LogP contribution in [-0.4, -0.2) is 4.98 Å². The van der Waals surface area contributed by atoms with Crippen LogP contribution in [0.15, 0.2) is 0 Å². The van der Waals surface area contributed by atoms with Crippen molar-refractivity contribution in [1.29, 1.82) is 0 Å². The summed E-state index contributed by atoms with van der Waals surface area (Å²) in [7, 11) is 0. The van der Waals surface area contributed by atoms with Gasteiger partial charge in [0, 0.05) is 0 Å². The van der Waals surface area contributed by atoms with Gasteiger partial charge < -0.3 is 0 Å². The second kappa shape index (κ2) is 3.14. The number of aromatic nitrogens is 1. The first kappa shape index (κ1) is 8.41. The van der Waals surface area contributed by atoms with Crippen molar-refractivity contribution >= 4 is 46.4 Å². The lowest BCUT2D eigenvalue weighted by Crippen LogP contribution is -1.79. The Morgan fingerprint density at radius 1 is 1.00 bits per heavy atom. The number of halogens is 4. The highest BCUT2D eigenvalue weighted by atomic mass is 35.5. The van der Waals surface area contributed by atoms with Gasteiger partial charge >= 0.3 is 0 Å². The highest BCUT2D eigenvalue weighted by Crippen LogP contribution is 2.32. The first-order valence-corrected chi connectivity index (χ1v) is 3.72. The van der Waals surface area contributed by atoms with E-state index in [1.54, 1.807) is 0 Å². The summed E-state index contributed by atoms with van der Waals surface area (Å²) in [4.78, 5) is 3.53. The number of rotatable bonds is 0. The monoisotopic (exact) mass is 214 g/mol. The van der Waals surface area contributed by atoms with E-state index in [0.717, 1.165) is 0 Å². The molecular formula is C5Cl4N. The van der Waals surface area contributed by atoms with Gasteiger partial charge in [-0.25, -0.2) is 4.98 Å². The molecule has 5 heteroatoms. The van der Waals surface area contributed by atoms with Crippen molar-refractivity contribution < 1.29 is 0 Å². The second-order valence-electron chi connectivity index (χ2n) is 1.46. The van der Waals surface area contributed by atoms with Gasteiger partial charge in [-0.1, -0.05) is 46.4 Å². The van der Waals surface area contributed by atoms with E-state index < -0.39 is 0 Å².